The standard InChI is InChI=1S/C47H35N/c1-47(2,3)35-27-33-20-22-40-42(32-18-16-31(17-19-32)30-11-5-4-6-12-30)29-43(41-23-21-34(28-35)45(33)46(40)41)38-24-25-39(44-15-9-10-26-48-44)37-14-8-7-13-36(37)38/h4-29H,1-3H3. The topological polar surface area (TPSA) is 12.9 Å². The molecular formula is C47H35N. The van der Waals surface area contributed by atoms with Crippen LogP contribution in [0.4, 0.5) is 0 Å². The second-order valence-electron chi connectivity index (χ2n) is 14.0. The highest BCUT2D eigenvalue weighted by Crippen LogP contribution is 2.47. The molecule has 48 heavy (non-hydrogen) atoms. The fourth-order valence-corrected chi connectivity index (χ4v) is 7.56. The summed E-state index contributed by atoms with van der Waals surface area (Å²) in [6, 6.07) is 55.8. The zero-order chi connectivity index (χ0) is 32.4. The molecule has 228 valence electrons. The van der Waals surface area contributed by atoms with Gasteiger partial charge in [-0.25, -0.2) is 0 Å². The Hall–Kier alpha value is -5.79. The Labute approximate surface area is 281 Å². The second kappa shape index (κ2) is 10.9. The lowest BCUT2D eigenvalue weighted by Crippen LogP contribution is -2.10. The van der Waals surface area contributed by atoms with Crippen LogP contribution in [0, 0.1) is 0 Å². The average molecular weight is 614 g/mol. The van der Waals surface area contributed by atoms with Gasteiger partial charge in [0.1, 0.15) is 0 Å². The molecule has 0 atom stereocenters. The zero-order valence-electron chi connectivity index (χ0n) is 27.5. The molecule has 1 heteroatoms. The van der Waals surface area contributed by atoms with E-state index in [0.29, 0.717) is 0 Å². The van der Waals surface area contributed by atoms with E-state index >= 15 is 0 Å². The molecule has 9 rings (SSSR count). The first-order chi connectivity index (χ1) is 23.4. The summed E-state index contributed by atoms with van der Waals surface area (Å²) in [5.41, 5.74) is 11.0. The first kappa shape index (κ1) is 28.4. The van der Waals surface area contributed by atoms with Gasteiger partial charge in [-0.3, -0.25) is 4.98 Å². The smallest absolute Gasteiger partial charge is 0.0708 e. The molecule has 0 aliphatic heterocycles. The molecule has 0 fully saturated rings. The highest BCUT2D eigenvalue weighted by Gasteiger charge is 2.21. The zero-order valence-corrected chi connectivity index (χ0v) is 27.5. The first-order valence-electron chi connectivity index (χ1n) is 16.8. The third-order valence-corrected chi connectivity index (χ3v) is 10.0. The van der Waals surface area contributed by atoms with E-state index in [1.807, 2.05) is 12.3 Å². The van der Waals surface area contributed by atoms with Crippen LogP contribution in [0.3, 0.4) is 0 Å². The molecule has 0 bridgehead atoms. The Bertz CT molecular complexity index is 2590. The Kier molecular flexibility index (Phi) is 6.45. The van der Waals surface area contributed by atoms with Crippen molar-refractivity contribution in [2.75, 3.05) is 0 Å². The van der Waals surface area contributed by atoms with E-state index in [-0.39, 0.29) is 5.41 Å². The molecule has 0 saturated carbocycles. The van der Waals surface area contributed by atoms with Crippen molar-refractivity contribution in [1.29, 1.82) is 0 Å². The van der Waals surface area contributed by atoms with Crippen molar-refractivity contribution in [3.8, 4) is 44.6 Å². The van der Waals surface area contributed by atoms with Crippen LogP contribution in [0.25, 0.3) is 87.7 Å². The molecule has 0 saturated heterocycles. The number of rotatable bonds is 4. The van der Waals surface area contributed by atoms with Gasteiger partial charge in [0, 0.05) is 11.8 Å². The van der Waals surface area contributed by atoms with Crippen LogP contribution >= 0.6 is 0 Å². The summed E-state index contributed by atoms with van der Waals surface area (Å²) in [6.45, 7) is 6.90. The lowest BCUT2D eigenvalue weighted by Gasteiger charge is -2.23. The van der Waals surface area contributed by atoms with Gasteiger partial charge in [0.2, 0.25) is 0 Å². The van der Waals surface area contributed by atoms with Crippen molar-refractivity contribution < 1.29 is 0 Å². The summed E-state index contributed by atoms with van der Waals surface area (Å²) < 4.78 is 0. The maximum atomic E-state index is 4.71. The summed E-state index contributed by atoms with van der Waals surface area (Å²) >= 11 is 0. The Morgan fingerprint density at radius 3 is 1.65 bits per heavy atom. The molecule has 8 aromatic carbocycles. The normalized spacial score (nSPS) is 12.1. The molecular weight excluding hydrogens is 579 g/mol. The lowest BCUT2D eigenvalue weighted by atomic mass is 9.81. The maximum Gasteiger partial charge on any atom is 0.0708 e. The van der Waals surface area contributed by atoms with Gasteiger partial charge < -0.3 is 0 Å². The van der Waals surface area contributed by atoms with E-state index in [1.165, 1.54) is 82.0 Å². The number of benzene rings is 8. The van der Waals surface area contributed by atoms with Crippen LogP contribution in [-0.2, 0) is 5.41 Å². The minimum absolute atomic E-state index is 0.0650. The van der Waals surface area contributed by atoms with Crippen LogP contribution in [0.15, 0.2) is 158 Å². The molecule has 0 unspecified atom stereocenters. The Morgan fingerprint density at radius 2 is 0.979 bits per heavy atom. The van der Waals surface area contributed by atoms with Crippen molar-refractivity contribution >= 4 is 43.1 Å². The first-order valence-corrected chi connectivity index (χ1v) is 16.8. The summed E-state index contributed by atoms with van der Waals surface area (Å²) in [6.07, 6.45) is 1.87. The predicted molar refractivity (Wildman–Crippen MR) is 206 cm³/mol. The monoisotopic (exact) mass is 613 g/mol. The SMILES string of the molecule is CC(C)(C)c1cc2ccc3c(-c4ccc(-c5ccccc5)cc4)cc(-c4ccc(-c5ccccn5)c5ccccc45)c4ccc(c1)c2c34. The number of aromatic nitrogens is 1. The molecule has 0 amide bonds. The van der Waals surface area contributed by atoms with Crippen molar-refractivity contribution in [1.82, 2.24) is 4.98 Å². The highest BCUT2D eigenvalue weighted by molar-refractivity contribution is 6.29. The average Bonchev–Trinajstić information content (AvgIpc) is 3.13. The molecule has 0 aliphatic carbocycles. The van der Waals surface area contributed by atoms with Crippen molar-refractivity contribution in [3.63, 3.8) is 0 Å². The number of pyridine rings is 1. The quantitative estimate of drug-likeness (QED) is 0.180. The van der Waals surface area contributed by atoms with Crippen molar-refractivity contribution in [3.05, 3.63) is 163 Å². The number of fused-ring (bicyclic) bond motifs is 1. The van der Waals surface area contributed by atoms with Crippen LogP contribution in [-0.4, -0.2) is 4.98 Å². The largest absolute Gasteiger partial charge is 0.256 e. The number of hydrogen-bond acceptors (Lipinski definition) is 1. The van der Waals surface area contributed by atoms with Crippen LogP contribution in [0.2, 0.25) is 0 Å². The maximum absolute atomic E-state index is 4.71. The van der Waals surface area contributed by atoms with Crippen molar-refractivity contribution in [2.45, 2.75) is 26.2 Å². The fraction of sp³-hybridized carbons (Fsp3) is 0.0851. The molecule has 1 nitrogen and oxygen atoms in total. The Balaban J connectivity index is 1.35. The molecule has 0 radical (unpaired) electrons. The molecule has 1 aromatic heterocycles. The summed E-state index contributed by atoms with van der Waals surface area (Å²) in [5, 5.41) is 10.3. The molecule has 0 spiro atoms. The third-order valence-electron chi connectivity index (χ3n) is 10.0. The minimum Gasteiger partial charge on any atom is -0.256 e. The molecule has 0 N–H and O–H groups in total. The van der Waals surface area contributed by atoms with E-state index < -0.39 is 0 Å². The van der Waals surface area contributed by atoms with Crippen LogP contribution < -0.4 is 0 Å². The second-order valence-corrected chi connectivity index (χ2v) is 14.0. The number of hydrogen-bond donors (Lipinski definition) is 0. The van der Waals surface area contributed by atoms with E-state index in [1.54, 1.807) is 0 Å². The summed E-state index contributed by atoms with van der Waals surface area (Å²) in [7, 11) is 0. The molecule has 0 aliphatic rings. The summed E-state index contributed by atoms with van der Waals surface area (Å²) in [4.78, 5) is 4.71. The lowest BCUT2D eigenvalue weighted by molar-refractivity contribution is 0.591. The Morgan fingerprint density at radius 1 is 0.396 bits per heavy atom. The highest BCUT2D eigenvalue weighted by atomic mass is 14.7. The van der Waals surface area contributed by atoms with Gasteiger partial charge in [-0.15, -0.1) is 0 Å². The molecule has 9 aromatic rings. The van der Waals surface area contributed by atoms with Crippen LogP contribution in [0.5, 0.6) is 0 Å². The van der Waals surface area contributed by atoms with Gasteiger partial charge in [0.25, 0.3) is 0 Å². The van der Waals surface area contributed by atoms with E-state index in [9.17, 15) is 0 Å². The van der Waals surface area contributed by atoms with Gasteiger partial charge in [-0.05, 0) is 106 Å². The van der Waals surface area contributed by atoms with Gasteiger partial charge in [0.05, 0.1) is 5.69 Å². The van der Waals surface area contributed by atoms with Gasteiger partial charge in [-0.2, -0.15) is 0 Å². The fourth-order valence-electron chi connectivity index (χ4n) is 7.56. The van der Waals surface area contributed by atoms with E-state index in [4.69, 9.17) is 4.98 Å². The van der Waals surface area contributed by atoms with Gasteiger partial charge >= 0.3 is 0 Å². The van der Waals surface area contributed by atoms with Gasteiger partial charge in [-0.1, -0.05) is 154 Å². The predicted octanol–water partition coefficient (Wildman–Crippen LogP) is 13.1. The van der Waals surface area contributed by atoms with E-state index in [2.05, 4.69) is 166 Å². The molecule has 1 heterocycles. The van der Waals surface area contributed by atoms with Gasteiger partial charge in [0.15, 0.2) is 0 Å². The summed E-state index contributed by atoms with van der Waals surface area (Å²) in [5.74, 6) is 0. The van der Waals surface area contributed by atoms with Crippen molar-refractivity contribution in [2.24, 2.45) is 0 Å². The number of nitrogens with zero attached hydrogens (tertiary/aromatic N) is 1. The minimum atomic E-state index is 0.0650. The van der Waals surface area contributed by atoms with E-state index in [0.717, 1.165) is 11.3 Å². The van der Waals surface area contributed by atoms with Crippen LogP contribution in [0.1, 0.15) is 26.3 Å². The third kappa shape index (κ3) is 4.58.